The normalized spacial score (nSPS) is 18.7. The van der Waals surface area contributed by atoms with Gasteiger partial charge in [0.1, 0.15) is 6.29 Å². The molecule has 0 aliphatic carbocycles. The molecule has 0 N–H and O–H groups in total. The van der Waals surface area contributed by atoms with E-state index in [0.717, 1.165) is 38.6 Å². The van der Waals surface area contributed by atoms with Crippen molar-refractivity contribution in [3.8, 4) is 0 Å². The van der Waals surface area contributed by atoms with E-state index in [1.54, 1.807) is 0 Å². The fraction of sp³-hybridized carbons (Fsp3) is 0.800. The molecule has 0 aromatic carbocycles. The molecule has 0 radical (unpaired) electrons. The van der Waals surface area contributed by atoms with Crippen molar-refractivity contribution >= 4 is 12.2 Å². The fourth-order valence-corrected chi connectivity index (χ4v) is 1.73. The first kappa shape index (κ1) is 10.2. The zero-order chi connectivity index (χ0) is 9.68. The van der Waals surface area contributed by atoms with Crippen LogP contribution >= 0.6 is 0 Å². The second kappa shape index (κ2) is 5.00. The second-order valence-corrected chi connectivity index (χ2v) is 3.56. The molecule has 0 aromatic rings. The number of likely N-dealkylation sites (tertiary alicyclic amines) is 1. The molecule has 74 valence electrons. The molecule has 1 aliphatic rings. The first-order valence-corrected chi connectivity index (χ1v) is 5.03. The summed E-state index contributed by atoms with van der Waals surface area (Å²) < 4.78 is 0. The molecular weight excluding hydrogens is 166 g/mol. The maximum Gasteiger partial charge on any atom is 0.232 e. The van der Waals surface area contributed by atoms with Gasteiger partial charge in [0, 0.05) is 13.1 Å². The third-order valence-corrected chi connectivity index (χ3v) is 2.50. The van der Waals surface area contributed by atoms with E-state index in [2.05, 4.69) is 0 Å². The van der Waals surface area contributed by atoms with E-state index < -0.39 is 0 Å². The van der Waals surface area contributed by atoms with Crippen LogP contribution < -0.4 is 0 Å². The van der Waals surface area contributed by atoms with E-state index in [1.807, 2.05) is 11.8 Å². The molecule has 1 rings (SSSR count). The topological polar surface area (TPSA) is 37.4 Å². The van der Waals surface area contributed by atoms with Crippen LogP contribution in [0.3, 0.4) is 0 Å². The molecule has 1 amide bonds. The van der Waals surface area contributed by atoms with Gasteiger partial charge in [0.25, 0.3) is 0 Å². The molecular formula is C10H17NO2. The van der Waals surface area contributed by atoms with Crippen molar-refractivity contribution in [1.82, 2.24) is 4.90 Å². The zero-order valence-electron chi connectivity index (χ0n) is 8.16. The van der Waals surface area contributed by atoms with Crippen LogP contribution in [0.4, 0.5) is 0 Å². The molecule has 0 bridgehead atoms. The Labute approximate surface area is 79.1 Å². The number of carbonyl (C=O) groups excluding carboxylic acids is 2. The first-order valence-electron chi connectivity index (χ1n) is 5.03. The Balaban J connectivity index is 2.47. The van der Waals surface area contributed by atoms with Crippen molar-refractivity contribution in [2.75, 3.05) is 13.1 Å². The largest absolute Gasteiger partial charge is 0.342 e. The predicted molar refractivity (Wildman–Crippen MR) is 50.3 cm³/mol. The number of carbonyl (C=O) groups is 2. The van der Waals surface area contributed by atoms with E-state index in [1.165, 1.54) is 0 Å². The molecule has 1 atom stereocenters. The van der Waals surface area contributed by atoms with Crippen LogP contribution in [0.5, 0.6) is 0 Å². The number of hydrogen-bond donors (Lipinski definition) is 0. The smallest absolute Gasteiger partial charge is 0.232 e. The van der Waals surface area contributed by atoms with Crippen LogP contribution in [-0.4, -0.2) is 30.2 Å². The van der Waals surface area contributed by atoms with Crippen LogP contribution in [0, 0.1) is 5.92 Å². The van der Waals surface area contributed by atoms with Gasteiger partial charge in [-0.1, -0.05) is 13.3 Å². The van der Waals surface area contributed by atoms with Crippen LogP contribution in [0.25, 0.3) is 0 Å². The Morgan fingerprint density at radius 2 is 2.08 bits per heavy atom. The highest BCUT2D eigenvalue weighted by Gasteiger charge is 2.24. The van der Waals surface area contributed by atoms with Crippen LogP contribution in [0.2, 0.25) is 0 Å². The molecule has 3 heteroatoms. The molecule has 1 heterocycles. The Hall–Kier alpha value is -0.860. The van der Waals surface area contributed by atoms with E-state index in [-0.39, 0.29) is 11.8 Å². The van der Waals surface area contributed by atoms with Gasteiger partial charge in [0.05, 0.1) is 5.92 Å². The summed E-state index contributed by atoms with van der Waals surface area (Å²) in [6.07, 6.45) is 4.55. The highest BCUT2D eigenvalue weighted by atomic mass is 16.2. The van der Waals surface area contributed by atoms with Crippen LogP contribution in [-0.2, 0) is 9.59 Å². The maximum absolute atomic E-state index is 11.7. The Bertz CT molecular complexity index is 185. The summed E-state index contributed by atoms with van der Waals surface area (Å²) >= 11 is 0. The van der Waals surface area contributed by atoms with Gasteiger partial charge < -0.3 is 9.69 Å². The summed E-state index contributed by atoms with van der Waals surface area (Å²) in [5.74, 6) is -0.350. The van der Waals surface area contributed by atoms with Crippen molar-refractivity contribution in [2.24, 2.45) is 5.92 Å². The maximum atomic E-state index is 11.7. The van der Waals surface area contributed by atoms with Crippen molar-refractivity contribution in [1.29, 1.82) is 0 Å². The number of nitrogens with zero attached hydrogens (tertiary/aromatic N) is 1. The minimum Gasteiger partial charge on any atom is -0.342 e. The highest BCUT2D eigenvalue weighted by molar-refractivity contribution is 5.91. The minimum atomic E-state index is -0.386. The summed E-state index contributed by atoms with van der Waals surface area (Å²) in [6, 6.07) is 0. The molecule has 13 heavy (non-hydrogen) atoms. The molecule has 1 fully saturated rings. The predicted octanol–water partition coefficient (Wildman–Crippen LogP) is 1.22. The van der Waals surface area contributed by atoms with Gasteiger partial charge in [-0.3, -0.25) is 4.79 Å². The Morgan fingerprint density at radius 1 is 1.46 bits per heavy atom. The molecule has 0 saturated carbocycles. The SMILES string of the molecule is CCCC(C=O)C(=O)N1CCCC1. The Kier molecular flexibility index (Phi) is 3.93. The average Bonchev–Trinajstić information content (AvgIpc) is 2.65. The van der Waals surface area contributed by atoms with Crippen molar-refractivity contribution in [3.05, 3.63) is 0 Å². The summed E-state index contributed by atoms with van der Waals surface area (Å²) in [5, 5.41) is 0. The highest BCUT2D eigenvalue weighted by Crippen LogP contribution is 2.14. The number of hydrogen-bond acceptors (Lipinski definition) is 2. The quantitative estimate of drug-likeness (QED) is 0.485. The number of amides is 1. The third-order valence-electron chi connectivity index (χ3n) is 2.50. The minimum absolute atomic E-state index is 0.0364. The standard InChI is InChI=1S/C10H17NO2/c1-2-5-9(8-12)10(13)11-6-3-4-7-11/h8-9H,2-7H2,1H3. The molecule has 1 saturated heterocycles. The average molecular weight is 183 g/mol. The van der Waals surface area contributed by atoms with Crippen molar-refractivity contribution < 1.29 is 9.59 Å². The van der Waals surface area contributed by atoms with Crippen LogP contribution in [0.1, 0.15) is 32.6 Å². The lowest BCUT2D eigenvalue weighted by Crippen LogP contribution is -2.34. The zero-order valence-corrected chi connectivity index (χ0v) is 8.16. The lowest BCUT2D eigenvalue weighted by molar-refractivity contribution is -0.137. The van der Waals surface area contributed by atoms with E-state index >= 15 is 0 Å². The number of aldehydes is 1. The van der Waals surface area contributed by atoms with Gasteiger partial charge >= 0.3 is 0 Å². The van der Waals surface area contributed by atoms with Gasteiger partial charge in [0.2, 0.25) is 5.91 Å². The lowest BCUT2D eigenvalue weighted by atomic mass is 10.0. The summed E-state index contributed by atoms with van der Waals surface area (Å²) in [6.45, 7) is 3.67. The van der Waals surface area contributed by atoms with Crippen molar-refractivity contribution in [3.63, 3.8) is 0 Å². The number of rotatable bonds is 4. The van der Waals surface area contributed by atoms with Crippen LogP contribution in [0.15, 0.2) is 0 Å². The molecule has 3 nitrogen and oxygen atoms in total. The van der Waals surface area contributed by atoms with Gasteiger partial charge in [-0.05, 0) is 19.3 Å². The van der Waals surface area contributed by atoms with Crippen molar-refractivity contribution in [2.45, 2.75) is 32.6 Å². The monoisotopic (exact) mass is 183 g/mol. The fourth-order valence-electron chi connectivity index (χ4n) is 1.73. The molecule has 1 aliphatic heterocycles. The molecule has 0 spiro atoms. The lowest BCUT2D eigenvalue weighted by Gasteiger charge is -2.18. The van der Waals surface area contributed by atoms with Gasteiger partial charge in [-0.25, -0.2) is 0 Å². The molecule has 0 aromatic heterocycles. The summed E-state index contributed by atoms with van der Waals surface area (Å²) in [5.41, 5.74) is 0. The van der Waals surface area contributed by atoms with Gasteiger partial charge in [0.15, 0.2) is 0 Å². The first-order chi connectivity index (χ1) is 6.29. The van der Waals surface area contributed by atoms with E-state index in [9.17, 15) is 9.59 Å². The van der Waals surface area contributed by atoms with Gasteiger partial charge in [-0.15, -0.1) is 0 Å². The third kappa shape index (κ3) is 2.54. The summed E-state index contributed by atoms with van der Waals surface area (Å²) in [4.78, 5) is 24.1. The summed E-state index contributed by atoms with van der Waals surface area (Å²) in [7, 11) is 0. The van der Waals surface area contributed by atoms with E-state index in [0.29, 0.717) is 6.42 Å². The Morgan fingerprint density at radius 3 is 2.54 bits per heavy atom. The van der Waals surface area contributed by atoms with Gasteiger partial charge in [-0.2, -0.15) is 0 Å². The van der Waals surface area contributed by atoms with E-state index in [4.69, 9.17) is 0 Å². The molecule has 1 unspecified atom stereocenters. The second-order valence-electron chi connectivity index (χ2n) is 3.56.